The van der Waals surface area contributed by atoms with Gasteiger partial charge in [0.25, 0.3) is 0 Å². The SMILES string of the molecule is COCc1ccccc1NCC(O)COCc1ccco1. The Kier molecular flexibility index (Phi) is 6.27. The summed E-state index contributed by atoms with van der Waals surface area (Å²) in [6.45, 7) is 1.57. The molecule has 0 aliphatic carbocycles. The van der Waals surface area contributed by atoms with Gasteiger partial charge < -0.3 is 24.3 Å². The summed E-state index contributed by atoms with van der Waals surface area (Å²) in [6, 6.07) is 11.5. The fourth-order valence-electron chi connectivity index (χ4n) is 1.95. The quantitative estimate of drug-likeness (QED) is 0.743. The van der Waals surface area contributed by atoms with Gasteiger partial charge in [-0.2, -0.15) is 0 Å². The molecule has 2 rings (SSSR count). The summed E-state index contributed by atoms with van der Waals surface area (Å²) >= 11 is 0. The molecule has 0 saturated heterocycles. The summed E-state index contributed by atoms with van der Waals surface area (Å²) in [5.41, 5.74) is 2.02. The highest BCUT2D eigenvalue weighted by Crippen LogP contribution is 2.15. The highest BCUT2D eigenvalue weighted by Gasteiger charge is 2.07. The van der Waals surface area contributed by atoms with Gasteiger partial charge in [0.05, 0.1) is 25.6 Å². The number of hydrogen-bond donors (Lipinski definition) is 2. The maximum atomic E-state index is 9.91. The van der Waals surface area contributed by atoms with Crippen LogP contribution in [0.25, 0.3) is 0 Å². The van der Waals surface area contributed by atoms with E-state index >= 15 is 0 Å². The molecule has 1 aromatic heterocycles. The van der Waals surface area contributed by atoms with Gasteiger partial charge >= 0.3 is 0 Å². The van der Waals surface area contributed by atoms with E-state index in [9.17, 15) is 5.11 Å². The van der Waals surface area contributed by atoms with Crippen LogP contribution in [0.1, 0.15) is 11.3 Å². The molecule has 5 nitrogen and oxygen atoms in total. The minimum absolute atomic E-state index is 0.250. The number of ether oxygens (including phenoxy) is 2. The van der Waals surface area contributed by atoms with E-state index in [2.05, 4.69) is 5.32 Å². The van der Waals surface area contributed by atoms with Crippen molar-refractivity contribution in [3.8, 4) is 0 Å². The molecule has 1 atom stereocenters. The molecule has 0 amide bonds. The van der Waals surface area contributed by atoms with Gasteiger partial charge in [-0.25, -0.2) is 0 Å². The summed E-state index contributed by atoms with van der Waals surface area (Å²) in [5, 5.41) is 13.1. The maximum Gasteiger partial charge on any atom is 0.129 e. The first-order chi connectivity index (χ1) is 10.3. The van der Waals surface area contributed by atoms with Crippen molar-refractivity contribution in [2.24, 2.45) is 0 Å². The number of anilines is 1. The molecule has 5 heteroatoms. The Bertz CT molecular complexity index is 513. The van der Waals surface area contributed by atoms with Gasteiger partial charge in [0.1, 0.15) is 12.4 Å². The van der Waals surface area contributed by atoms with E-state index in [1.165, 1.54) is 0 Å². The molecule has 0 bridgehead atoms. The van der Waals surface area contributed by atoms with Crippen LogP contribution in [0.5, 0.6) is 0 Å². The molecule has 0 radical (unpaired) electrons. The normalized spacial score (nSPS) is 12.3. The lowest BCUT2D eigenvalue weighted by Gasteiger charge is -2.15. The van der Waals surface area contributed by atoms with E-state index in [0.29, 0.717) is 19.8 Å². The van der Waals surface area contributed by atoms with Crippen molar-refractivity contribution in [3.05, 3.63) is 54.0 Å². The molecule has 114 valence electrons. The summed E-state index contributed by atoms with van der Waals surface area (Å²) in [5.74, 6) is 0.751. The van der Waals surface area contributed by atoms with Crippen LogP contribution in [-0.2, 0) is 22.7 Å². The molecule has 0 spiro atoms. The van der Waals surface area contributed by atoms with Crippen molar-refractivity contribution in [3.63, 3.8) is 0 Å². The monoisotopic (exact) mass is 291 g/mol. The van der Waals surface area contributed by atoms with Gasteiger partial charge in [0, 0.05) is 24.9 Å². The predicted molar refractivity (Wildman–Crippen MR) is 80.0 cm³/mol. The number of furan rings is 1. The molecular formula is C16H21NO4. The molecule has 1 aromatic carbocycles. The summed E-state index contributed by atoms with van der Waals surface area (Å²) in [4.78, 5) is 0. The molecule has 21 heavy (non-hydrogen) atoms. The summed E-state index contributed by atoms with van der Waals surface area (Å²) < 4.78 is 15.7. The number of para-hydroxylation sites is 1. The first-order valence-corrected chi connectivity index (χ1v) is 6.88. The predicted octanol–water partition coefficient (Wildman–Crippen LogP) is 2.42. The molecule has 0 aliphatic heterocycles. The van der Waals surface area contributed by atoms with Gasteiger partial charge in [-0.1, -0.05) is 18.2 Å². The van der Waals surface area contributed by atoms with Crippen molar-refractivity contribution >= 4 is 5.69 Å². The Balaban J connectivity index is 1.72. The highest BCUT2D eigenvalue weighted by molar-refractivity contribution is 5.50. The Morgan fingerprint density at radius 2 is 2.05 bits per heavy atom. The van der Waals surface area contributed by atoms with Crippen molar-refractivity contribution in [2.45, 2.75) is 19.3 Å². The summed E-state index contributed by atoms with van der Waals surface area (Å²) in [7, 11) is 1.66. The standard InChI is InChI=1S/C16H21NO4/c1-19-10-13-5-2-3-7-16(13)17-9-14(18)11-20-12-15-6-4-8-21-15/h2-8,14,17-18H,9-12H2,1H3. The van der Waals surface area contributed by atoms with E-state index in [-0.39, 0.29) is 6.61 Å². The van der Waals surface area contributed by atoms with Crippen molar-refractivity contribution in [1.29, 1.82) is 0 Å². The zero-order valence-corrected chi connectivity index (χ0v) is 12.1. The lowest BCUT2D eigenvalue weighted by Crippen LogP contribution is -2.25. The minimum Gasteiger partial charge on any atom is -0.467 e. The van der Waals surface area contributed by atoms with Gasteiger partial charge in [-0.05, 0) is 18.2 Å². The number of nitrogens with one attached hydrogen (secondary N) is 1. The second kappa shape index (κ2) is 8.46. The average molecular weight is 291 g/mol. The minimum atomic E-state index is -0.587. The zero-order chi connectivity index (χ0) is 14.9. The second-order valence-electron chi connectivity index (χ2n) is 4.72. The van der Waals surface area contributed by atoms with E-state index in [1.54, 1.807) is 13.4 Å². The second-order valence-corrected chi connectivity index (χ2v) is 4.72. The third kappa shape index (κ3) is 5.23. The Morgan fingerprint density at radius 3 is 2.81 bits per heavy atom. The van der Waals surface area contributed by atoms with Crippen LogP contribution in [0.4, 0.5) is 5.69 Å². The van der Waals surface area contributed by atoms with Gasteiger partial charge in [-0.15, -0.1) is 0 Å². The van der Waals surface area contributed by atoms with Crippen molar-refractivity contribution in [2.75, 3.05) is 25.6 Å². The molecule has 0 fully saturated rings. The van der Waals surface area contributed by atoms with Crippen molar-refractivity contribution < 1.29 is 19.0 Å². The third-order valence-electron chi connectivity index (χ3n) is 2.98. The van der Waals surface area contributed by atoms with Crippen molar-refractivity contribution in [1.82, 2.24) is 0 Å². The largest absolute Gasteiger partial charge is 0.467 e. The van der Waals surface area contributed by atoms with E-state index in [4.69, 9.17) is 13.9 Å². The molecule has 0 aliphatic rings. The van der Waals surface area contributed by atoms with Crippen LogP contribution >= 0.6 is 0 Å². The van der Waals surface area contributed by atoms with Crippen LogP contribution in [-0.4, -0.2) is 31.5 Å². The van der Waals surface area contributed by atoms with Gasteiger partial charge in [0.2, 0.25) is 0 Å². The van der Waals surface area contributed by atoms with E-state index in [1.807, 2.05) is 36.4 Å². The molecule has 2 aromatic rings. The fourth-order valence-corrected chi connectivity index (χ4v) is 1.95. The van der Waals surface area contributed by atoms with Crippen LogP contribution in [0.2, 0.25) is 0 Å². The molecule has 0 saturated carbocycles. The van der Waals surface area contributed by atoms with E-state index in [0.717, 1.165) is 17.0 Å². The summed E-state index contributed by atoms with van der Waals surface area (Å²) in [6.07, 6.45) is 1.01. The number of aliphatic hydroxyl groups is 1. The lowest BCUT2D eigenvalue weighted by molar-refractivity contribution is 0.0282. The zero-order valence-electron chi connectivity index (χ0n) is 12.1. The molecular weight excluding hydrogens is 270 g/mol. The van der Waals surface area contributed by atoms with Crippen LogP contribution < -0.4 is 5.32 Å². The number of rotatable bonds is 9. The number of aliphatic hydroxyl groups excluding tert-OH is 1. The Hall–Kier alpha value is -1.82. The van der Waals surface area contributed by atoms with Crippen LogP contribution in [0.15, 0.2) is 47.1 Å². The Labute approximate surface area is 124 Å². The van der Waals surface area contributed by atoms with Gasteiger partial charge in [-0.3, -0.25) is 0 Å². The molecule has 2 N–H and O–H groups in total. The average Bonchev–Trinajstić information content (AvgIpc) is 3.00. The third-order valence-corrected chi connectivity index (χ3v) is 2.98. The number of benzene rings is 1. The smallest absolute Gasteiger partial charge is 0.129 e. The maximum absolute atomic E-state index is 9.91. The Morgan fingerprint density at radius 1 is 1.19 bits per heavy atom. The van der Waals surface area contributed by atoms with Crippen LogP contribution in [0, 0.1) is 0 Å². The first-order valence-electron chi connectivity index (χ1n) is 6.88. The van der Waals surface area contributed by atoms with E-state index < -0.39 is 6.10 Å². The van der Waals surface area contributed by atoms with Crippen LogP contribution in [0.3, 0.4) is 0 Å². The lowest BCUT2D eigenvalue weighted by atomic mass is 10.2. The van der Waals surface area contributed by atoms with Gasteiger partial charge in [0.15, 0.2) is 0 Å². The number of methoxy groups -OCH3 is 1. The molecule has 1 heterocycles. The molecule has 1 unspecified atom stereocenters. The topological polar surface area (TPSA) is 63.9 Å². The highest BCUT2D eigenvalue weighted by atomic mass is 16.5. The fraction of sp³-hybridized carbons (Fsp3) is 0.375. The number of hydrogen-bond acceptors (Lipinski definition) is 5. The first kappa shape index (κ1) is 15.6.